The number of rotatable bonds is 4. The minimum absolute atomic E-state index is 0.0679. The Morgan fingerprint density at radius 2 is 1.73 bits per heavy atom. The Kier molecular flexibility index (Phi) is 7.90. The van der Waals surface area contributed by atoms with Gasteiger partial charge in [-0.05, 0) is 102 Å². The molecule has 0 saturated carbocycles. The van der Waals surface area contributed by atoms with Crippen LogP contribution in [0, 0.1) is 0 Å². The van der Waals surface area contributed by atoms with E-state index in [1.54, 1.807) is 6.33 Å². The maximum Gasteiger partial charge on any atom is 0.411 e. The van der Waals surface area contributed by atoms with Gasteiger partial charge in [-0.2, -0.15) is 0 Å². The van der Waals surface area contributed by atoms with Crippen LogP contribution < -0.4 is 0 Å². The summed E-state index contributed by atoms with van der Waals surface area (Å²) in [6.45, 7) is 13.4. The molecule has 2 aromatic rings. The molecule has 7 nitrogen and oxygen atoms in total. The second kappa shape index (κ2) is 11.0. The van der Waals surface area contributed by atoms with Gasteiger partial charge in [0.2, 0.25) is 5.91 Å². The molecular formula is C32H43ClN4O3. The fourth-order valence-electron chi connectivity index (χ4n) is 6.99. The van der Waals surface area contributed by atoms with Gasteiger partial charge in [0, 0.05) is 35.3 Å². The number of amides is 2. The van der Waals surface area contributed by atoms with Crippen molar-refractivity contribution in [2.24, 2.45) is 0 Å². The van der Waals surface area contributed by atoms with Crippen LogP contribution in [0.25, 0.3) is 0 Å². The third-order valence-electron chi connectivity index (χ3n) is 9.00. The van der Waals surface area contributed by atoms with Crippen molar-refractivity contribution < 1.29 is 14.3 Å². The van der Waals surface area contributed by atoms with Gasteiger partial charge in [-0.3, -0.25) is 9.69 Å². The average Bonchev–Trinajstić information content (AvgIpc) is 3.43. The number of likely N-dealkylation sites (tertiary alicyclic amines) is 2. The number of hydrogen-bond acceptors (Lipinski definition) is 5. The van der Waals surface area contributed by atoms with E-state index in [4.69, 9.17) is 21.3 Å². The van der Waals surface area contributed by atoms with Crippen molar-refractivity contribution in [2.75, 3.05) is 13.1 Å². The monoisotopic (exact) mass is 566 g/mol. The predicted molar refractivity (Wildman–Crippen MR) is 157 cm³/mol. The molecule has 2 fully saturated rings. The van der Waals surface area contributed by atoms with Crippen molar-refractivity contribution in [1.29, 1.82) is 0 Å². The van der Waals surface area contributed by atoms with E-state index in [9.17, 15) is 9.59 Å². The molecule has 0 bridgehead atoms. The van der Waals surface area contributed by atoms with E-state index in [0.29, 0.717) is 29.9 Å². The third kappa shape index (κ3) is 5.72. The number of piperidine rings is 1. The van der Waals surface area contributed by atoms with Gasteiger partial charge in [0.1, 0.15) is 11.9 Å². The smallest absolute Gasteiger partial charge is 0.411 e. The molecule has 8 heteroatoms. The average molecular weight is 567 g/mol. The van der Waals surface area contributed by atoms with Crippen LogP contribution in [0.5, 0.6) is 0 Å². The number of ether oxygens (including phenoxy) is 1. The summed E-state index contributed by atoms with van der Waals surface area (Å²) in [5, 5.41) is 0.623. The number of halogens is 1. The molecule has 3 heterocycles. The molecule has 1 unspecified atom stereocenters. The van der Waals surface area contributed by atoms with Crippen molar-refractivity contribution >= 4 is 23.6 Å². The first-order valence-electron chi connectivity index (χ1n) is 14.8. The summed E-state index contributed by atoms with van der Waals surface area (Å²) in [6.07, 6.45) is 6.79. The van der Waals surface area contributed by atoms with Crippen LogP contribution in [-0.4, -0.2) is 62.0 Å². The van der Waals surface area contributed by atoms with E-state index in [1.165, 1.54) is 17.0 Å². The molecule has 5 rings (SSSR count). The van der Waals surface area contributed by atoms with Crippen LogP contribution in [0.3, 0.4) is 0 Å². The lowest BCUT2D eigenvalue weighted by Crippen LogP contribution is -2.53. The van der Waals surface area contributed by atoms with Gasteiger partial charge in [0.25, 0.3) is 0 Å². The van der Waals surface area contributed by atoms with Gasteiger partial charge in [0.15, 0.2) is 0 Å². The number of benzene rings is 1. The molecule has 3 aliphatic rings. The van der Waals surface area contributed by atoms with E-state index in [1.807, 2.05) is 54.8 Å². The Hall–Kier alpha value is -2.67. The van der Waals surface area contributed by atoms with Gasteiger partial charge in [-0.25, -0.2) is 14.8 Å². The van der Waals surface area contributed by atoms with E-state index in [0.717, 1.165) is 44.1 Å². The predicted octanol–water partition coefficient (Wildman–Crippen LogP) is 6.85. The van der Waals surface area contributed by atoms with Crippen LogP contribution in [0.1, 0.15) is 114 Å². The Labute approximate surface area is 243 Å². The highest BCUT2D eigenvalue weighted by molar-refractivity contribution is 6.30. The van der Waals surface area contributed by atoms with E-state index >= 15 is 0 Å². The number of aromatic nitrogens is 2. The highest BCUT2D eigenvalue weighted by Crippen LogP contribution is 2.43. The summed E-state index contributed by atoms with van der Waals surface area (Å²) in [5.41, 5.74) is 3.56. The summed E-state index contributed by atoms with van der Waals surface area (Å²) >= 11 is 6.24. The van der Waals surface area contributed by atoms with Gasteiger partial charge < -0.3 is 9.64 Å². The fourth-order valence-corrected chi connectivity index (χ4v) is 7.11. The maximum absolute atomic E-state index is 14.4. The lowest BCUT2D eigenvalue weighted by atomic mass is 9.85. The molecule has 1 aliphatic carbocycles. The summed E-state index contributed by atoms with van der Waals surface area (Å²) in [6, 6.07) is 7.22. The first-order valence-corrected chi connectivity index (χ1v) is 15.1. The molecule has 1 aromatic carbocycles. The molecule has 0 N–H and O–H groups in total. The fraction of sp³-hybridized carbons (Fsp3) is 0.625. The van der Waals surface area contributed by atoms with Gasteiger partial charge in [-0.15, -0.1) is 0 Å². The standard InChI is InChI=1S/C32H43ClN4O3/c1-20-7-12-24-26(20)28(35-19-34-24)22-14-17-36(18-15-22)29(38)27(21-8-10-23(33)11-9-21)25-13-16-32(5,6)37(25)30(39)40-31(2,3)4/h8-11,19-20,22,25,27H,7,12-18H2,1-6H3/t20-,25?,27+/m1/s1. The number of aryl methyl sites for hydroxylation is 1. The van der Waals surface area contributed by atoms with Gasteiger partial charge in [0.05, 0.1) is 17.7 Å². The van der Waals surface area contributed by atoms with Crippen LogP contribution in [-0.2, 0) is 16.0 Å². The molecular weight excluding hydrogens is 524 g/mol. The molecule has 3 atom stereocenters. The second-order valence-corrected chi connectivity index (χ2v) is 13.9. The maximum atomic E-state index is 14.4. The van der Waals surface area contributed by atoms with Crippen molar-refractivity contribution in [2.45, 2.75) is 115 Å². The quantitative estimate of drug-likeness (QED) is 0.404. The number of carbonyl (C=O) groups excluding carboxylic acids is 2. The van der Waals surface area contributed by atoms with Crippen molar-refractivity contribution in [1.82, 2.24) is 19.8 Å². The third-order valence-corrected chi connectivity index (χ3v) is 9.26. The zero-order valence-electron chi connectivity index (χ0n) is 24.7. The molecule has 0 spiro atoms. The first-order chi connectivity index (χ1) is 18.9. The zero-order chi connectivity index (χ0) is 28.8. The molecule has 216 valence electrons. The molecule has 2 aliphatic heterocycles. The number of carbonyl (C=O) groups is 2. The summed E-state index contributed by atoms with van der Waals surface area (Å²) in [4.78, 5) is 41.1. The number of nitrogens with zero attached hydrogens (tertiary/aromatic N) is 4. The number of hydrogen-bond donors (Lipinski definition) is 0. The SMILES string of the molecule is C[C@@H]1CCc2ncnc(C3CCN(C(=O)[C@@H](c4ccc(Cl)cc4)C4CCC(C)(C)N4C(=O)OC(C)(C)C)CC3)c21. The molecule has 1 aromatic heterocycles. The van der Waals surface area contributed by atoms with Crippen molar-refractivity contribution in [3.05, 3.63) is 58.1 Å². The lowest BCUT2D eigenvalue weighted by molar-refractivity contribution is -0.135. The Bertz CT molecular complexity index is 1250. The minimum atomic E-state index is -0.624. The first kappa shape index (κ1) is 28.8. The Morgan fingerprint density at radius 1 is 1.05 bits per heavy atom. The molecule has 2 amide bonds. The van der Waals surface area contributed by atoms with Crippen molar-refractivity contribution in [3.63, 3.8) is 0 Å². The van der Waals surface area contributed by atoms with Crippen LogP contribution in [0.4, 0.5) is 4.79 Å². The highest BCUT2D eigenvalue weighted by atomic mass is 35.5. The van der Waals surface area contributed by atoms with Gasteiger partial charge in [-0.1, -0.05) is 30.7 Å². The summed E-state index contributed by atoms with van der Waals surface area (Å²) in [5.74, 6) is 0.397. The van der Waals surface area contributed by atoms with Crippen LogP contribution >= 0.6 is 11.6 Å². The van der Waals surface area contributed by atoms with Crippen molar-refractivity contribution in [3.8, 4) is 0 Å². The topological polar surface area (TPSA) is 75.6 Å². The minimum Gasteiger partial charge on any atom is -0.444 e. The summed E-state index contributed by atoms with van der Waals surface area (Å²) < 4.78 is 5.86. The number of fused-ring (bicyclic) bond motifs is 1. The second-order valence-electron chi connectivity index (χ2n) is 13.5. The molecule has 40 heavy (non-hydrogen) atoms. The zero-order valence-corrected chi connectivity index (χ0v) is 25.5. The molecule has 0 radical (unpaired) electrons. The lowest BCUT2D eigenvalue weighted by Gasteiger charge is -2.41. The Morgan fingerprint density at radius 3 is 2.38 bits per heavy atom. The normalized spacial score (nSPS) is 23.7. The Balaban J connectivity index is 1.40. The molecule has 2 saturated heterocycles. The van der Waals surface area contributed by atoms with E-state index in [-0.39, 0.29) is 18.0 Å². The van der Waals surface area contributed by atoms with Crippen LogP contribution in [0.15, 0.2) is 30.6 Å². The van der Waals surface area contributed by atoms with Gasteiger partial charge >= 0.3 is 6.09 Å². The largest absolute Gasteiger partial charge is 0.444 e. The van der Waals surface area contributed by atoms with E-state index in [2.05, 4.69) is 25.8 Å². The summed E-state index contributed by atoms with van der Waals surface area (Å²) in [7, 11) is 0. The van der Waals surface area contributed by atoms with E-state index < -0.39 is 17.1 Å². The highest BCUT2D eigenvalue weighted by Gasteiger charge is 2.50. The van der Waals surface area contributed by atoms with Crippen LogP contribution in [0.2, 0.25) is 5.02 Å².